The Bertz CT molecular complexity index is 298. The van der Waals surface area contributed by atoms with Crippen molar-refractivity contribution >= 4 is 40.5 Å². The lowest BCUT2D eigenvalue weighted by atomic mass is 10.3. The van der Waals surface area contributed by atoms with Gasteiger partial charge in [0.2, 0.25) is 10.0 Å². The van der Waals surface area contributed by atoms with E-state index in [0.29, 0.717) is 5.75 Å². The van der Waals surface area contributed by atoms with Crippen LogP contribution in [-0.2, 0) is 0 Å². The zero-order chi connectivity index (χ0) is 9.47. The number of halogens is 3. The van der Waals surface area contributed by atoms with Gasteiger partial charge in [0.15, 0.2) is 0 Å². The number of benzene rings is 1. The molecular weight excluding hydrogens is 232 g/mol. The van der Waals surface area contributed by atoms with Crippen molar-refractivity contribution in [2.24, 2.45) is 0 Å². The number of rotatable bonds is 0. The third-order valence-electron chi connectivity index (χ3n) is 1.72. The van der Waals surface area contributed by atoms with Gasteiger partial charge in [-0.2, -0.15) is 0 Å². The van der Waals surface area contributed by atoms with E-state index in [0.717, 1.165) is 5.69 Å². The topological polar surface area (TPSA) is 21.3 Å². The Balaban J connectivity index is 2.23. The van der Waals surface area contributed by atoms with Crippen molar-refractivity contribution in [3.05, 3.63) is 24.3 Å². The first-order valence-corrected chi connectivity index (χ1v) is 4.80. The van der Waals surface area contributed by atoms with Gasteiger partial charge in [-0.05, 0) is 12.1 Å². The second-order valence-electron chi connectivity index (χ2n) is 2.68. The van der Waals surface area contributed by atoms with Crippen molar-refractivity contribution < 1.29 is 4.74 Å². The largest absolute Gasteiger partial charge is 0.464 e. The Morgan fingerprint density at radius 2 is 1.92 bits per heavy atom. The van der Waals surface area contributed by atoms with E-state index in [-0.39, 0.29) is 0 Å². The van der Waals surface area contributed by atoms with Crippen LogP contribution in [0.15, 0.2) is 24.3 Å². The molecule has 5 heteroatoms. The fourth-order valence-electron chi connectivity index (χ4n) is 1.13. The van der Waals surface area contributed by atoms with Gasteiger partial charge in [0.05, 0.1) is 5.69 Å². The van der Waals surface area contributed by atoms with Gasteiger partial charge in [-0.3, -0.25) is 0 Å². The third-order valence-corrected chi connectivity index (χ3v) is 2.31. The predicted molar refractivity (Wildman–Crippen MR) is 54.8 cm³/mol. The SMILES string of the molecule is ClC(Cl)(Cl)C1Nc2ccccc2O1. The Labute approximate surface area is 90.7 Å². The van der Waals surface area contributed by atoms with Gasteiger partial charge in [0.1, 0.15) is 5.75 Å². The molecule has 0 aliphatic carbocycles. The van der Waals surface area contributed by atoms with Gasteiger partial charge >= 0.3 is 0 Å². The Morgan fingerprint density at radius 1 is 1.23 bits per heavy atom. The highest BCUT2D eigenvalue weighted by Gasteiger charge is 2.38. The van der Waals surface area contributed by atoms with E-state index in [9.17, 15) is 0 Å². The van der Waals surface area contributed by atoms with E-state index in [1.54, 1.807) is 0 Å². The lowest BCUT2D eigenvalue weighted by molar-refractivity contribution is 0.258. The maximum absolute atomic E-state index is 5.67. The minimum absolute atomic E-state index is 0.616. The van der Waals surface area contributed by atoms with Crippen molar-refractivity contribution in [1.29, 1.82) is 0 Å². The number of hydrogen-bond acceptors (Lipinski definition) is 2. The molecule has 1 atom stereocenters. The van der Waals surface area contributed by atoms with E-state index in [1.165, 1.54) is 0 Å². The summed E-state index contributed by atoms with van der Waals surface area (Å²) in [5.41, 5.74) is 0.846. The first-order valence-electron chi connectivity index (χ1n) is 3.66. The summed E-state index contributed by atoms with van der Waals surface area (Å²) < 4.78 is 3.91. The molecule has 0 spiro atoms. The molecule has 0 radical (unpaired) electrons. The average molecular weight is 239 g/mol. The molecule has 1 aromatic carbocycles. The summed E-state index contributed by atoms with van der Waals surface area (Å²) in [5.74, 6) is 0.707. The fourth-order valence-corrected chi connectivity index (χ4v) is 1.43. The summed E-state index contributed by atoms with van der Waals surface area (Å²) >= 11 is 17.0. The number of fused-ring (bicyclic) bond motifs is 1. The number of anilines is 1. The van der Waals surface area contributed by atoms with Crippen molar-refractivity contribution in [2.45, 2.75) is 10.0 Å². The number of hydrogen-bond donors (Lipinski definition) is 1. The summed E-state index contributed by atoms with van der Waals surface area (Å²) in [4.78, 5) is 0. The maximum Gasteiger partial charge on any atom is 0.245 e. The summed E-state index contributed by atoms with van der Waals surface area (Å²) in [5, 5.41) is 2.96. The quantitative estimate of drug-likeness (QED) is 0.701. The van der Waals surface area contributed by atoms with Crippen molar-refractivity contribution in [3.8, 4) is 5.75 Å². The highest BCUT2D eigenvalue weighted by atomic mass is 35.6. The zero-order valence-corrected chi connectivity index (χ0v) is 8.70. The van der Waals surface area contributed by atoms with E-state index in [1.807, 2.05) is 24.3 Å². The molecule has 1 unspecified atom stereocenters. The van der Waals surface area contributed by atoms with Gasteiger partial charge in [-0.15, -0.1) is 0 Å². The van der Waals surface area contributed by atoms with Crippen molar-refractivity contribution in [1.82, 2.24) is 0 Å². The maximum atomic E-state index is 5.67. The van der Waals surface area contributed by atoms with Gasteiger partial charge in [-0.25, -0.2) is 0 Å². The number of nitrogens with one attached hydrogen (secondary N) is 1. The lowest BCUT2D eigenvalue weighted by Crippen LogP contribution is -2.34. The van der Waals surface area contributed by atoms with Crippen LogP contribution >= 0.6 is 34.8 Å². The molecular formula is C8H6Cl3NO. The summed E-state index contributed by atoms with van der Waals surface area (Å²) in [6, 6.07) is 7.43. The molecule has 2 nitrogen and oxygen atoms in total. The van der Waals surface area contributed by atoms with Gasteiger partial charge in [0.25, 0.3) is 0 Å². The van der Waals surface area contributed by atoms with Gasteiger partial charge in [0, 0.05) is 0 Å². The Hall–Kier alpha value is -0.310. The second-order valence-corrected chi connectivity index (χ2v) is 5.05. The molecule has 1 heterocycles. The molecule has 0 bridgehead atoms. The van der Waals surface area contributed by atoms with Crippen LogP contribution in [0, 0.1) is 0 Å². The van der Waals surface area contributed by atoms with E-state index < -0.39 is 10.0 Å². The summed E-state index contributed by atoms with van der Waals surface area (Å²) in [7, 11) is 0. The molecule has 0 saturated heterocycles. The van der Waals surface area contributed by atoms with E-state index in [4.69, 9.17) is 39.5 Å². The van der Waals surface area contributed by atoms with Crippen LogP contribution in [0.4, 0.5) is 5.69 Å². The number of ether oxygens (including phenoxy) is 1. The average Bonchev–Trinajstić information content (AvgIpc) is 2.45. The highest BCUT2D eigenvalue weighted by Crippen LogP contribution is 2.40. The zero-order valence-electron chi connectivity index (χ0n) is 6.43. The van der Waals surface area contributed by atoms with E-state index in [2.05, 4.69) is 5.32 Å². The molecule has 70 valence electrons. The highest BCUT2D eigenvalue weighted by molar-refractivity contribution is 6.68. The number of alkyl halides is 3. The Kier molecular flexibility index (Phi) is 2.22. The minimum atomic E-state index is -1.46. The van der Waals surface area contributed by atoms with Crippen LogP contribution in [0.2, 0.25) is 0 Å². The fraction of sp³-hybridized carbons (Fsp3) is 0.250. The van der Waals surface area contributed by atoms with Crippen molar-refractivity contribution in [2.75, 3.05) is 5.32 Å². The third kappa shape index (κ3) is 1.80. The summed E-state index contributed by atoms with van der Waals surface area (Å²) in [6.07, 6.45) is -0.616. The molecule has 0 aromatic heterocycles. The first-order chi connectivity index (χ1) is 6.07. The molecule has 1 aromatic rings. The molecule has 2 rings (SSSR count). The smallest absolute Gasteiger partial charge is 0.245 e. The van der Waals surface area contributed by atoms with E-state index >= 15 is 0 Å². The predicted octanol–water partition coefficient (Wildman–Crippen LogP) is 3.19. The molecule has 1 N–H and O–H groups in total. The molecule has 13 heavy (non-hydrogen) atoms. The second kappa shape index (κ2) is 3.12. The molecule has 1 aliphatic heterocycles. The molecule has 1 aliphatic rings. The molecule has 0 fully saturated rings. The van der Waals surface area contributed by atoms with Crippen LogP contribution in [0.3, 0.4) is 0 Å². The normalized spacial score (nSPS) is 20.4. The first kappa shape index (κ1) is 9.25. The number of para-hydroxylation sites is 2. The van der Waals surface area contributed by atoms with Crippen LogP contribution < -0.4 is 10.1 Å². The van der Waals surface area contributed by atoms with Crippen LogP contribution in [0.5, 0.6) is 5.75 Å². The minimum Gasteiger partial charge on any atom is -0.464 e. The molecule has 0 amide bonds. The van der Waals surface area contributed by atoms with Crippen molar-refractivity contribution in [3.63, 3.8) is 0 Å². The summed E-state index contributed by atoms with van der Waals surface area (Å²) in [6.45, 7) is 0. The van der Waals surface area contributed by atoms with Crippen LogP contribution in [0.1, 0.15) is 0 Å². The van der Waals surface area contributed by atoms with Gasteiger partial charge < -0.3 is 10.1 Å². The lowest BCUT2D eigenvalue weighted by Gasteiger charge is -2.18. The van der Waals surface area contributed by atoms with Crippen LogP contribution in [-0.4, -0.2) is 10.0 Å². The standard InChI is InChI=1S/C8H6Cl3NO/c9-8(10,11)7-12-5-3-1-2-4-6(5)13-7/h1-4,7,12H. The monoisotopic (exact) mass is 237 g/mol. The molecule has 0 saturated carbocycles. The van der Waals surface area contributed by atoms with Crippen LogP contribution in [0.25, 0.3) is 0 Å². The Morgan fingerprint density at radius 3 is 2.54 bits per heavy atom. The van der Waals surface area contributed by atoms with Gasteiger partial charge in [-0.1, -0.05) is 46.9 Å².